The molecule has 0 amide bonds. The van der Waals surface area contributed by atoms with Gasteiger partial charge in [-0.25, -0.2) is 9.50 Å². The van der Waals surface area contributed by atoms with Gasteiger partial charge in [-0.05, 0) is 35.9 Å². The van der Waals surface area contributed by atoms with Crippen molar-refractivity contribution in [1.29, 1.82) is 0 Å². The van der Waals surface area contributed by atoms with E-state index in [1.807, 2.05) is 0 Å². The third-order valence-electron chi connectivity index (χ3n) is 5.15. The van der Waals surface area contributed by atoms with E-state index in [0.717, 1.165) is 0 Å². The van der Waals surface area contributed by atoms with E-state index in [1.165, 1.54) is 10.6 Å². The normalized spacial score (nSPS) is 20.7. The predicted molar refractivity (Wildman–Crippen MR) is 106 cm³/mol. The summed E-state index contributed by atoms with van der Waals surface area (Å²) in [6.07, 6.45) is 2.22. The molecule has 7 nitrogen and oxygen atoms in total. The van der Waals surface area contributed by atoms with Crippen LogP contribution in [0.1, 0.15) is 28.6 Å². The first-order valence-corrected chi connectivity index (χ1v) is 9.69. The van der Waals surface area contributed by atoms with Crippen LogP contribution in [0.2, 0.25) is 5.15 Å². The molecular formula is C21H15ClF2N4O3. The van der Waals surface area contributed by atoms with Crippen LogP contribution in [-0.2, 0) is 10.3 Å². The molecule has 1 aliphatic rings. The zero-order chi connectivity index (χ0) is 21.6. The van der Waals surface area contributed by atoms with Crippen LogP contribution in [-0.4, -0.2) is 37.9 Å². The van der Waals surface area contributed by atoms with Crippen molar-refractivity contribution >= 4 is 17.2 Å². The molecule has 1 N–H and O–H groups in total. The maximum Gasteiger partial charge on any atom is 0.387 e. The van der Waals surface area contributed by atoms with E-state index in [4.69, 9.17) is 21.1 Å². The van der Waals surface area contributed by atoms with Crippen LogP contribution >= 0.6 is 11.6 Å². The Balaban J connectivity index is 1.75. The number of hydrogen-bond donors (Lipinski definition) is 1. The Morgan fingerprint density at radius 1 is 1.16 bits per heavy atom. The first kappa shape index (κ1) is 19.8. The zero-order valence-electron chi connectivity index (χ0n) is 15.8. The lowest BCUT2D eigenvalue weighted by Crippen LogP contribution is -2.40. The van der Waals surface area contributed by atoms with Crippen molar-refractivity contribution in [3.05, 3.63) is 88.6 Å². The standard InChI is InChI=1S/C21H15ClF2N4O3/c22-15-5-6-16-26-19-17(28(16)27-15)18(13-3-1-2-4-14(13)31-20(23)24)30-11-21(19,29)12-7-9-25-10-8-12/h1-10,18,20,29H,11H2. The smallest absolute Gasteiger partial charge is 0.387 e. The number of rotatable bonds is 4. The van der Waals surface area contributed by atoms with Gasteiger partial charge in [0, 0.05) is 18.0 Å². The molecule has 0 saturated heterocycles. The van der Waals surface area contributed by atoms with Gasteiger partial charge in [0.05, 0.1) is 6.61 Å². The molecule has 0 fully saturated rings. The number of aliphatic hydroxyl groups is 1. The number of para-hydroxylation sites is 1. The second kappa shape index (κ2) is 7.52. The Kier molecular flexibility index (Phi) is 4.81. The molecule has 0 saturated carbocycles. The van der Waals surface area contributed by atoms with E-state index in [1.54, 1.807) is 54.9 Å². The number of hydrogen-bond acceptors (Lipinski definition) is 6. The second-order valence-corrected chi connectivity index (χ2v) is 7.36. The van der Waals surface area contributed by atoms with Crippen molar-refractivity contribution in [2.24, 2.45) is 0 Å². The van der Waals surface area contributed by atoms with Crippen molar-refractivity contribution < 1.29 is 23.4 Å². The minimum Gasteiger partial charge on any atom is -0.434 e. The molecule has 0 aliphatic carbocycles. The molecule has 3 aromatic heterocycles. The molecule has 2 atom stereocenters. The molecule has 10 heteroatoms. The number of aromatic nitrogens is 4. The molecule has 4 aromatic rings. The second-order valence-electron chi connectivity index (χ2n) is 6.98. The van der Waals surface area contributed by atoms with E-state index >= 15 is 0 Å². The van der Waals surface area contributed by atoms with E-state index in [9.17, 15) is 13.9 Å². The molecule has 5 rings (SSSR count). The Morgan fingerprint density at radius 2 is 1.94 bits per heavy atom. The molecule has 31 heavy (non-hydrogen) atoms. The summed E-state index contributed by atoms with van der Waals surface area (Å²) in [6, 6.07) is 12.9. The lowest BCUT2D eigenvalue weighted by molar-refractivity contribution is -0.0726. The predicted octanol–water partition coefficient (Wildman–Crippen LogP) is 3.73. The number of nitrogens with zero attached hydrogens (tertiary/aromatic N) is 4. The minimum absolute atomic E-state index is 0.0419. The fraction of sp³-hybridized carbons (Fsp3) is 0.190. The molecule has 1 aromatic carbocycles. The van der Waals surface area contributed by atoms with Crippen LogP contribution in [0.5, 0.6) is 5.75 Å². The number of imidazole rings is 1. The van der Waals surface area contributed by atoms with Crippen LogP contribution < -0.4 is 4.74 Å². The van der Waals surface area contributed by atoms with Crippen molar-refractivity contribution in [3.8, 4) is 5.75 Å². The van der Waals surface area contributed by atoms with Crippen molar-refractivity contribution in [2.45, 2.75) is 18.3 Å². The first-order valence-electron chi connectivity index (χ1n) is 9.31. The fourth-order valence-electron chi connectivity index (χ4n) is 3.80. The van der Waals surface area contributed by atoms with Crippen LogP contribution in [0.25, 0.3) is 5.65 Å². The SMILES string of the molecule is OC1(c2ccncc2)COC(c2ccccc2OC(F)F)c2c1nc1ccc(Cl)nn21. The summed E-state index contributed by atoms with van der Waals surface area (Å²) in [5.74, 6) is -0.0419. The number of alkyl halides is 2. The van der Waals surface area contributed by atoms with Gasteiger partial charge in [0.1, 0.15) is 28.4 Å². The van der Waals surface area contributed by atoms with Gasteiger partial charge in [-0.2, -0.15) is 13.9 Å². The number of halogens is 3. The van der Waals surface area contributed by atoms with Crippen LogP contribution in [0.15, 0.2) is 60.9 Å². The number of pyridine rings is 1. The number of benzene rings is 1. The molecule has 0 radical (unpaired) electrons. The van der Waals surface area contributed by atoms with Crippen LogP contribution in [0.3, 0.4) is 0 Å². The molecule has 2 unspecified atom stereocenters. The Hall–Kier alpha value is -3.14. The summed E-state index contributed by atoms with van der Waals surface area (Å²) in [7, 11) is 0. The lowest BCUT2D eigenvalue weighted by atomic mass is 9.86. The molecule has 4 heterocycles. The summed E-state index contributed by atoms with van der Waals surface area (Å²) < 4.78 is 38.2. The van der Waals surface area contributed by atoms with E-state index in [2.05, 4.69) is 15.1 Å². The van der Waals surface area contributed by atoms with Crippen molar-refractivity contribution in [3.63, 3.8) is 0 Å². The largest absolute Gasteiger partial charge is 0.434 e. The highest BCUT2D eigenvalue weighted by molar-refractivity contribution is 6.29. The Labute approximate surface area is 179 Å². The van der Waals surface area contributed by atoms with Gasteiger partial charge in [0.25, 0.3) is 0 Å². The van der Waals surface area contributed by atoms with Gasteiger partial charge >= 0.3 is 6.61 Å². The fourth-order valence-corrected chi connectivity index (χ4v) is 3.94. The highest BCUT2D eigenvalue weighted by atomic mass is 35.5. The van der Waals surface area contributed by atoms with Gasteiger partial charge in [0.15, 0.2) is 11.2 Å². The third kappa shape index (κ3) is 3.31. The van der Waals surface area contributed by atoms with E-state index < -0.39 is 18.3 Å². The monoisotopic (exact) mass is 444 g/mol. The number of ether oxygens (including phenoxy) is 2. The maximum atomic E-state index is 13.0. The van der Waals surface area contributed by atoms with Gasteiger partial charge < -0.3 is 14.6 Å². The first-order chi connectivity index (χ1) is 15.0. The minimum atomic E-state index is -3.01. The maximum absolute atomic E-state index is 13.0. The molecule has 1 aliphatic heterocycles. The van der Waals surface area contributed by atoms with Crippen LogP contribution in [0, 0.1) is 0 Å². The van der Waals surface area contributed by atoms with Gasteiger partial charge in [-0.15, -0.1) is 0 Å². The molecule has 0 spiro atoms. The van der Waals surface area contributed by atoms with Gasteiger partial charge in [0.2, 0.25) is 0 Å². The zero-order valence-corrected chi connectivity index (χ0v) is 16.6. The number of fused-ring (bicyclic) bond motifs is 3. The highest BCUT2D eigenvalue weighted by Gasteiger charge is 2.46. The summed E-state index contributed by atoms with van der Waals surface area (Å²) in [5, 5.41) is 16.1. The summed E-state index contributed by atoms with van der Waals surface area (Å²) in [4.78, 5) is 8.58. The molecule has 0 bridgehead atoms. The summed E-state index contributed by atoms with van der Waals surface area (Å²) in [5.41, 5.74) is 0.348. The lowest BCUT2D eigenvalue weighted by Gasteiger charge is -2.35. The summed E-state index contributed by atoms with van der Waals surface area (Å²) in [6.45, 7) is -3.18. The third-order valence-corrected chi connectivity index (χ3v) is 5.36. The Bertz CT molecular complexity index is 1250. The average molecular weight is 445 g/mol. The average Bonchev–Trinajstić information content (AvgIpc) is 3.15. The van der Waals surface area contributed by atoms with E-state index in [0.29, 0.717) is 22.5 Å². The quantitative estimate of drug-likeness (QED) is 0.516. The van der Waals surface area contributed by atoms with Gasteiger partial charge in [-0.1, -0.05) is 29.8 Å². The topological polar surface area (TPSA) is 81.8 Å². The molecular weight excluding hydrogens is 430 g/mol. The van der Waals surface area contributed by atoms with Crippen LogP contribution in [0.4, 0.5) is 8.78 Å². The van der Waals surface area contributed by atoms with E-state index in [-0.39, 0.29) is 23.2 Å². The molecule has 158 valence electrons. The summed E-state index contributed by atoms with van der Waals surface area (Å²) >= 11 is 6.10. The highest BCUT2D eigenvalue weighted by Crippen LogP contribution is 2.45. The van der Waals surface area contributed by atoms with Gasteiger partial charge in [-0.3, -0.25) is 4.98 Å². The van der Waals surface area contributed by atoms with Crippen molar-refractivity contribution in [2.75, 3.05) is 6.61 Å². The Morgan fingerprint density at radius 3 is 2.71 bits per heavy atom. The van der Waals surface area contributed by atoms with Crippen molar-refractivity contribution in [1.82, 2.24) is 19.6 Å².